The molecule has 0 aromatic heterocycles. The molecule has 0 aromatic rings. The van der Waals surface area contributed by atoms with Crippen molar-refractivity contribution in [1.29, 1.82) is 0 Å². The molecule has 0 saturated heterocycles. The van der Waals surface area contributed by atoms with E-state index in [4.69, 9.17) is 5.73 Å². The van der Waals surface area contributed by atoms with Crippen LogP contribution in [0.2, 0.25) is 0 Å². The van der Waals surface area contributed by atoms with Gasteiger partial charge in [0.15, 0.2) is 5.78 Å². The van der Waals surface area contributed by atoms with Gasteiger partial charge < -0.3 is 16.4 Å². The highest BCUT2D eigenvalue weighted by Gasteiger charge is 2.44. The van der Waals surface area contributed by atoms with Crippen molar-refractivity contribution in [3.63, 3.8) is 0 Å². The molecule has 32 heavy (non-hydrogen) atoms. The molecule has 7 heteroatoms. The molecule has 2 amide bonds. The van der Waals surface area contributed by atoms with Gasteiger partial charge in [0.2, 0.25) is 11.8 Å². The summed E-state index contributed by atoms with van der Waals surface area (Å²) in [4.78, 5) is 41.3. The molecule has 0 aromatic carbocycles. The number of nitrogens with zero attached hydrogens (tertiary/aromatic N) is 1. The molecule has 188 valence electrons. The summed E-state index contributed by atoms with van der Waals surface area (Å²) in [7, 11) is 0. The topological polar surface area (TPSA) is 105 Å². The van der Waals surface area contributed by atoms with Crippen LogP contribution in [0.25, 0.3) is 0 Å². The number of carbonyl (C=O) groups is 3. The number of carbonyl (C=O) groups excluding carboxylic acids is 3. The highest BCUT2D eigenvalue weighted by Crippen LogP contribution is 2.30. The number of Topliss-reactive ketones (excluding diaryl/α,β-unsaturated/α-hetero) is 1. The van der Waals surface area contributed by atoms with Crippen LogP contribution in [0.4, 0.5) is 0 Å². The normalized spacial score (nSPS) is 13.7. The van der Waals surface area contributed by atoms with E-state index in [9.17, 15) is 14.4 Å². The molecule has 0 radical (unpaired) electrons. The molecule has 0 heterocycles. The fraction of sp³-hybridized carbons (Fsp3) is 0.880. The maximum absolute atomic E-state index is 13.4. The van der Waals surface area contributed by atoms with Gasteiger partial charge in [-0.05, 0) is 58.4 Å². The number of hydrogen-bond donors (Lipinski definition) is 3. The lowest BCUT2D eigenvalue weighted by Gasteiger charge is -2.39. The Labute approximate surface area is 196 Å². The van der Waals surface area contributed by atoms with Crippen molar-refractivity contribution >= 4 is 17.6 Å². The van der Waals surface area contributed by atoms with Gasteiger partial charge in [-0.1, -0.05) is 62.3 Å². The number of nitrogens with one attached hydrogen (secondary N) is 2. The van der Waals surface area contributed by atoms with E-state index in [2.05, 4.69) is 10.6 Å². The smallest absolute Gasteiger partial charge is 0.235 e. The summed E-state index contributed by atoms with van der Waals surface area (Å²) in [5.41, 5.74) is 3.30. The minimum absolute atomic E-state index is 0.0846. The number of hydrogen-bond acceptors (Lipinski definition) is 6. The minimum Gasteiger partial charge on any atom is -0.330 e. The van der Waals surface area contributed by atoms with Crippen LogP contribution in [-0.4, -0.2) is 61.3 Å². The first-order valence-electron chi connectivity index (χ1n) is 12.1. The van der Waals surface area contributed by atoms with E-state index in [1.54, 1.807) is 41.5 Å². The minimum atomic E-state index is -0.779. The Morgan fingerprint density at radius 2 is 1.09 bits per heavy atom. The van der Waals surface area contributed by atoms with E-state index in [1.807, 2.05) is 20.8 Å². The fourth-order valence-electron chi connectivity index (χ4n) is 3.19. The zero-order valence-electron chi connectivity index (χ0n) is 22.2. The summed E-state index contributed by atoms with van der Waals surface area (Å²) in [5, 5.41) is 6.75. The first kappa shape index (κ1) is 30.7. The van der Waals surface area contributed by atoms with Crippen LogP contribution in [0.5, 0.6) is 0 Å². The second-order valence-corrected chi connectivity index (χ2v) is 11.7. The zero-order chi connectivity index (χ0) is 25.2. The Hall–Kier alpha value is -1.31. The van der Waals surface area contributed by atoms with Crippen LogP contribution in [0.1, 0.15) is 88.0 Å². The fourth-order valence-corrected chi connectivity index (χ4v) is 3.19. The van der Waals surface area contributed by atoms with Gasteiger partial charge in [0, 0.05) is 16.2 Å². The predicted octanol–water partition coefficient (Wildman–Crippen LogP) is 3.12. The molecular weight excluding hydrogens is 404 g/mol. The number of imide groups is 1. The highest BCUT2D eigenvalue weighted by atomic mass is 16.2. The third kappa shape index (κ3) is 11.0. The van der Waals surface area contributed by atoms with Gasteiger partial charge in [-0.15, -0.1) is 0 Å². The Morgan fingerprint density at radius 1 is 0.688 bits per heavy atom. The monoisotopic (exact) mass is 454 g/mol. The summed E-state index contributed by atoms with van der Waals surface area (Å²) < 4.78 is 0. The Kier molecular flexibility index (Phi) is 12.9. The van der Waals surface area contributed by atoms with Crippen LogP contribution in [0.15, 0.2) is 0 Å². The molecule has 0 bridgehead atoms. The van der Waals surface area contributed by atoms with E-state index in [-0.39, 0.29) is 17.6 Å². The van der Waals surface area contributed by atoms with Crippen LogP contribution in [-0.2, 0) is 14.4 Å². The molecule has 0 aliphatic heterocycles. The van der Waals surface area contributed by atoms with Crippen LogP contribution < -0.4 is 16.4 Å². The average molecular weight is 455 g/mol. The van der Waals surface area contributed by atoms with Gasteiger partial charge in [-0.2, -0.15) is 0 Å². The summed E-state index contributed by atoms with van der Waals surface area (Å²) in [6, 6.07) is -0.779. The van der Waals surface area contributed by atoms with Gasteiger partial charge in [0.25, 0.3) is 0 Å². The lowest BCUT2D eigenvalue weighted by Crippen LogP contribution is -2.57. The molecule has 0 rings (SSSR count). The molecular formula is C25H50N4O3. The molecule has 4 N–H and O–H groups in total. The molecule has 0 saturated carbocycles. The Morgan fingerprint density at radius 3 is 1.47 bits per heavy atom. The molecule has 1 unspecified atom stereocenters. The van der Waals surface area contributed by atoms with Crippen molar-refractivity contribution in [3.8, 4) is 0 Å². The highest BCUT2D eigenvalue weighted by molar-refractivity contribution is 6.05. The number of ketones is 1. The van der Waals surface area contributed by atoms with Crippen molar-refractivity contribution in [1.82, 2.24) is 15.5 Å². The number of rotatable bonds is 13. The molecule has 1 atom stereocenters. The number of unbranched alkanes of at least 4 members (excludes halogenated alkanes) is 1. The van der Waals surface area contributed by atoms with Crippen molar-refractivity contribution in [3.05, 3.63) is 0 Å². The van der Waals surface area contributed by atoms with E-state index < -0.39 is 22.3 Å². The van der Waals surface area contributed by atoms with E-state index >= 15 is 0 Å². The van der Waals surface area contributed by atoms with Crippen molar-refractivity contribution < 1.29 is 14.4 Å². The Balaban J connectivity index is 5.27. The van der Waals surface area contributed by atoms with E-state index in [0.717, 1.165) is 38.9 Å². The van der Waals surface area contributed by atoms with Crippen LogP contribution in [0, 0.1) is 16.2 Å². The maximum atomic E-state index is 13.4. The van der Waals surface area contributed by atoms with Gasteiger partial charge in [0.1, 0.15) is 0 Å². The van der Waals surface area contributed by atoms with E-state index in [1.165, 1.54) is 4.90 Å². The standard InChI is InChI=1S/C25H50N4O3/c1-23(2,3)20(30)19(13-18-28-16-11-10-15-27-17-12-14-26)29(21(31)24(4,5)6)22(32)25(7,8)9/h19,27-28H,10-18,26H2,1-9H3. The second-order valence-electron chi connectivity index (χ2n) is 11.7. The number of amides is 2. The summed E-state index contributed by atoms with van der Waals surface area (Å²) in [6.45, 7) is 20.3. The molecule has 7 nitrogen and oxygen atoms in total. The summed E-state index contributed by atoms with van der Waals surface area (Å²) in [6.07, 6.45) is 3.46. The van der Waals surface area contributed by atoms with Crippen molar-refractivity contribution in [2.75, 3.05) is 32.7 Å². The largest absolute Gasteiger partial charge is 0.330 e. The van der Waals surface area contributed by atoms with Crippen molar-refractivity contribution in [2.45, 2.75) is 94.0 Å². The van der Waals surface area contributed by atoms with Gasteiger partial charge in [-0.25, -0.2) is 0 Å². The van der Waals surface area contributed by atoms with Crippen LogP contribution in [0.3, 0.4) is 0 Å². The van der Waals surface area contributed by atoms with Gasteiger partial charge in [-0.3, -0.25) is 19.3 Å². The predicted molar refractivity (Wildman–Crippen MR) is 132 cm³/mol. The third-order valence-corrected chi connectivity index (χ3v) is 5.18. The van der Waals surface area contributed by atoms with Gasteiger partial charge >= 0.3 is 0 Å². The SMILES string of the molecule is CC(C)(C)C(=O)C(CCNCCCCNCCCN)N(C(=O)C(C)(C)C)C(=O)C(C)(C)C. The molecule has 0 aliphatic carbocycles. The Bertz CT molecular complexity index is 572. The average Bonchev–Trinajstić information content (AvgIpc) is 2.65. The third-order valence-electron chi connectivity index (χ3n) is 5.18. The zero-order valence-corrected chi connectivity index (χ0v) is 22.2. The van der Waals surface area contributed by atoms with Crippen LogP contribution >= 0.6 is 0 Å². The maximum Gasteiger partial charge on any atom is 0.235 e. The van der Waals surface area contributed by atoms with Gasteiger partial charge in [0.05, 0.1) is 6.04 Å². The first-order chi connectivity index (χ1) is 14.5. The lowest BCUT2D eigenvalue weighted by atomic mass is 9.82. The van der Waals surface area contributed by atoms with Crippen molar-refractivity contribution in [2.24, 2.45) is 22.0 Å². The summed E-state index contributed by atoms with van der Waals surface area (Å²) in [5.74, 6) is -0.689. The molecule has 0 spiro atoms. The molecule has 0 aliphatic rings. The van der Waals surface area contributed by atoms with E-state index in [0.29, 0.717) is 19.5 Å². The number of nitrogens with two attached hydrogens (primary N) is 1. The quantitative estimate of drug-likeness (QED) is 0.369. The first-order valence-corrected chi connectivity index (χ1v) is 12.1. The second kappa shape index (κ2) is 13.4. The summed E-state index contributed by atoms with van der Waals surface area (Å²) >= 11 is 0. The lowest BCUT2D eigenvalue weighted by molar-refractivity contribution is -0.162. The molecule has 0 fully saturated rings.